The van der Waals surface area contributed by atoms with Crippen molar-refractivity contribution in [2.45, 2.75) is 32.3 Å². The third kappa shape index (κ3) is 3.57. The summed E-state index contributed by atoms with van der Waals surface area (Å²) >= 11 is 0. The maximum absolute atomic E-state index is 11.0. The molecule has 21 heavy (non-hydrogen) atoms. The van der Waals surface area contributed by atoms with Gasteiger partial charge in [-0.05, 0) is 47.7 Å². The van der Waals surface area contributed by atoms with E-state index in [-0.39, 0.29) is 5.91 Å². The van der Waals surface area contributed by atoms with Gasteiger partial charge in [0.2, 0.25) is 5.91 Å². The van der Waals surface area contributed by atoms with Gasteiger partial charge in [0.05, 0.1) is 6.10 Å². The van der Waals surface area contributed by atoms with Gasteiger partial charge in [-0.25, -0.2) is 0 Å². The zero-order valence-corrected chi connectivity index (χ0v) is 12.2. The molecule has 0 heterocycles. The van der Waals surface area contributed by atoms with E-state index in [1.165, 1.54) is 6.92 Å². The van der Waals surface area contributed by atoms with Gasteiger partial charge in [-0.3, -0.25) is 4.79 Å². The van der Waals surface area contributed by atoms with Gasteiger partial charge in [0.1, 0.15) is 13.6 Å². The van der Waals surface area contributed by atoms with E-state index in [4.69, 9.17) is 12.6 Å². The molecule has 0 atom stereocenters. The standard InChI is InChI=1S/C17H18BNO2/c1-11(20)19-7-6-13-9-14(18)8-12-2-3-16(10-17(12)13)21-15-4-5-15/h2-3,8-10,15H,4-7H2,1H3,(H,19,20). The van der Waals surface area contributed by atoms with Crippen LogP contribution in [0, 0.1) is 0 Å². The zero-order chi connectivity index (χ0) is 14.8. The lowest BCUT2D eigenvalue weighted by molar-refractivity contribution is -0.118. The minimum absolute atomic E-state index is 0.0130. The molecule has 0 unspecified atom stereocenters. The van der Waals surface area contributed by atoms with Crippen LogP contribution >= 0.6 is 0 Å². The van der Waals surface area contributed by atoms with E-state index >= 15 is 0 Å². The molecule has 0 bridgehead atoms. The average Bonchev–Trinajstić information content (AvgIpc) is 3.23. The first-order valence-electron chi connectivity index (χ1n) is 7.35. The Morgan fingerprint density at radius 3 is 2.86 bits per heavy atom. The van der Waals surface area contributed by atoms with Gasteiger partial charge in [0.25, 0.3) is 0 Å². The first kappa shape index (κ1) is 14.0. The number of nitrogens with one attached hydrogen (secondary N) is 1. The van der Waals surface area contributed by atoms with Crippen molar-refractivity contribution in [3.8, 4) is 5.75 Å². The number of hydrogen-bond donors (Lipinski definition) is 1. The number of fused-ring (bicyclic) bond motifs is 1. The van der Waals surface area contributed by atoms with Crippen molar-refractivity contribution < 1.29 is 9.53 Å². The van der Waals surface area contributed by atoms with Crippen molar-refractivity contribution in [1.29, 1.82) is 0 Å². The highest BCUT2D eigenvalue weighted by Gasteiger charge is 2.23. The first-order chi connectivity index (χ1) is 10.1. The Hall–Kier alpha value is -1.97. The molecule has 1 amide bonds. The summed E-state index contributed by atoms with van der Waals surface area (Å²) in [6.07, 6.45) is 3.44. The average molecular weight is 279 g/mol. The summed E-state index contributed by atoms with van der Waals surface area (Å²) in [7, 11) is 5.97. The molecule has 2 aromatic rings. The zero-order valence-electron chi connectivity index (χ0n) is 12.2. The molecule has 2 radical (unpaired) electrons. The number of amides is 1. The van der Waals surface area contributed by atoms with Gasteiger partial charge < -0.3 is 10.1 Å². The Balaban J connectivity index is 1.89. The van der Waals surface area contributed by atoms with Gasteiger partial charge in [0.15, 0.2) is 0 Å². The lowest BCUT2D eigenvalue weighted by atomic mass is 9.89. The third-order valence-electron chi connectivity index (χ3n) is 3.63. The Morgan fingerprint density at radius 1 is 1.33 bits per heavy atom. The van der Waals surface area contributed by atoms with Gasteiger partial charge in [-0.2, -0.15) is 0 Å². The van der Waals surface area contributed by atoms with Crippen molar-refractivity contribution in [2.75, 3.05) is 6.54 Å². The number of carbonyl (C=O) groups is 1. The maximum atomic E-state index is 11.0. The molecule has 1 aliphatic carbocycles. The van der Waals surface area contributed by atoms with Crippen LogP contribution in [0.4, 0.5) is 0 Å². The number of carbonyl (C=O) groups excluding carboxylic acids is 1. The van der Waals surface area contributed by atoms with Crippen LogP contribution < -0.4 is 15.5 Å². The van der Waals surface area contributed by atoms with E-state index in [0.29, 0.717) is 12.6 Å². The predicted octanol–water partition coefficient (Wildman–Crippen LogP) is 1.85. The number of ether oxygens (including phenoxy) is 1. The lowest BCUT2D eigenvalue weighted by Gasteiger charge is -2.12. The van der Waals surface area contributed by atoms with E-state index in [0.717, 1.165) is 46.8 Å². The first-order valence-corrected chi connectivity index (χ1v) is 7.35. The molecule has 3 nitrogen and oxygen atoms in total. The molecule has 2 aromatic carbocycles. The summed E-state index contributed by atoms with van der Waals surface area (Å²) in [4.78, 5) is 11.0. The van der Waals surface area contributed by atoms with Crippen molar-refractivity contribution in [2.24, 2.45) is 0 Å². The second kappa shape index (κ2) is 5.80. The van der Waals surface area contributed by atoms with Gasteiger partial charge in [-0.15, -0.1) is 0 Å². The summed E-state index contributed by atoms with van der Waals surface area (Å²) in [5, 5.41) is 5.08. The van der Waals surface area contributed by atoms with Crippen molar-refractivity contribution in [1.82, 2.24) is 5.32 Å². The summed E-state index contributed by atoms with van der Waals surface area (Å²) in [5.41, 5.74) is 1.89. The second-order valence-electron chi connectivity index (χ2n) is 5.61. The SMILES string of the molecule is [B]c1cc(CCNC(C)=O)c2cc(OC3CC3)ccc2c1. The van der Waals surface area contributed by atoms with Crippen molar-refractivity contribution in [3.63, 3.8) is 0 Å². The summed E-state index contributed by atoms with van der Waals surface area (Å²) < 4.78 is 5.86. The van der Waals surface area contributed by atoms with Crippen LogP contribution in [0.3, 0.4) is 0 Å². The minimum atomic E-state index is -0.0130. The maximum Gasteiger partial charge on any atom is 0.216 e. The predicted molar refractivity (Wildman–Crippen MR) is 85.4 cm³/mol. The quantitative estimate of drug-likeness (QED) is 0.848. The fourth-order valence-corrected chi connectivity index (χ4v) is 2.47. The monoisotopic (exact) mass is 279 g/mol. The fraction of sp³-hybridized carbons (Fsp3) is 0.353. The van der Waals surface area contributed by atoms with E-state index in [1.54, 1.807) is 0 Å². The van der Waals surface area contributed by atoms with Gasteiger partial charge in [0, 0.05) is 13.5 Å². The molecule has 1 aliphatic rings. The molecule has 1 fully saturated rings. The van der Waals surface area contributed by atoms with E-state index in [9.17, 15) is 4.79 Å². The molecule has 106 valence electrons. The van der Waals surface area contributed by atoms with Crippen LogP contribution in [-0.2, 0) is 11.2 Å². The smallest absolute Gasteiger partial charge is 0.216 e. The lowest BCUT2D eigenvalue weighted by Crippen LogP contribution is -2.22. The van der Waals surface area contributed by atoms with E-state index in [2.05, 4.69) is 11.4 Å². The van der Waals surface area contributed by atoms with Crippen LogP contribution in [-0.4, -0.2) is 26.4 Å². The highest BCUT2D eigenvalue weighted by molar-refractivity contribution is 6.33. The number of rotatable bonds is 5. The molecule has 0 saturated heterocycles. The van der Waals surface area contributed by atoms with Gasteiger partial charge in [-0.1, -0.05) is 23.7 Å². The molecule has 4 heteroatoms. The molecule has 0 aromatic heterocycles. The highest BCUT2D eigenvalue weighted by Crippen LogP contribution is 2.29. The highest BCUT2D eigenvalue weighted by atomic mass is 16.5. The number of benzene rings is 2. The van der Waals surface area contributed by atoms with Gasteiger partial charge >= 0.3 is 0 Å². The Kier molecular flexibility index (Phi) is 3.87. The Bertz CT molecular complexity index is 680. The van der Waals surface area contributed by atoms with Crippen molar-refractivity contribution >= 4 is 30.0 Å². The number of hydrogen-bond acceptors (Lipinski definition) is 2. The minimum Gasteiger partial charge on any atom is -0.490 e. The largest absolute Gasteiger partial charge is 0.490 e. The molecular formula is C17H18BNO2. The van der Waals surface area contributed by atoms with E-state index in [1.807, 2.05) is 24.3 Å². The molecular weight excluding hydrogens is 261 g/mol. The van der Waals surface area contributed by atoms with Crippen LogP contribution in [0.15, 0.2) is 30.3 Å². The molecule has 1 saturated carbocycles. The van der Waals surface area contributed by atoms with Crippen LogP contribution in [0.5, 0.6) is 5.75 Å². The normalized spacial score (nSPS) is 14.1. The molecule has 3 rings (SSSR count). The van der Waals surface area contributed by atoms with Crippen LogP contribution in [0.2, 0.25) is 0 Å². The second-order valence-corrected chi connectivity index (χ2v) is 5.61. The van der Waals surface area contributed by atoms with Crippen LogP contribution in [0.25, 0.3) is 10.8 Å². The molecule has 0 aliphatic heterocycles. The molecule has 1 N–H and O–H groups in total. The summed E-state index contributed by atoms with van der Waals surface area (Å²) in [6, 6.07) is 10.1. The van der Waals surface area contributed by atoms with Crippen molar-refractivity contribution in [3.05, 3.63) is 35.9 Å². The van der Waals surface area contributed by atoms with E-state index < -0.39 is 0 Å². The Labute approximate surface area is 126 Å². The summed E-state index contributed by atoms with van der Waals surface area (Å²) in [6.45, 7) is 2.14. The molecule has 0 spiro atoms. The third-order valence-corrected chi connectivity index (χ3v) is 3.63. The Morgan fingerprint density at radius 2 is 2.14 bits per heavy atom. The fourth-order valence-electron chi connectivity index (χ4n) is 2.47. The summed E-state index contributed by atoms with van der Waals surface area (Å²) in [5.74, 6) is 0.900. The topological polar surface area (TPSA) is 38.3 Å². The van der Waals surface area contributed by atoms with Crippen LogP contribution in [0.1, 0.15) is 25.3 Å².